The summed E-state index contributed by atoms with van der Waals surface area (Å²) < 4.78 is 12.7. The molecule has 4 heteroatoms. The van der Waals surface area contributed by atoms with Crippen molar-refractivity contribution < 1.29 is 14.3 Å². The van der Waals surface area contributed by atoms with Crippen LogP contribution in [-0.4, -0.2) is 17.6 Å². The molecule has 0 aromatic heterocycles. The van der Waals surface area contributed by atoms with Gasteiger partial charge in [0, 0.05) is 6.54 Å². The van der Waals surface area contributed by atoms with Gasteiger partial charge in [-0.25, -0.2) is 4.39 Å². The SMILES string of the molecule is NC[C@H](C(=O)O)c1cccc(F)c1. The molecular formula is C9H10FNO2. The first-order valence-corrected chi connectivity index (χ1v) is 3.83. The van der Waals surface area contributed by atoms with Gasteiger partial charge in [-0.1, -0.05) is 12.1 Å². The van der Waals surface area contributed by atoms with Crippen LogP contribution in [0.2, 0.25) is 0 Å². The topological polar surface area (TPSA) is 63.3 Å². The number of rotatable bonds is 3. The molecular weight excluding hydrogens is 173 g/mol. The molecule has 3 nitrogen and oxygen atoms in total. The van der Waals surface area contributed by atoms with Gasteiger partial charge < -0.3 is 10.8 Å². The van der Waals surface area contributed by atoms with Gasteiger partial charge in [0.1, 0.15) is 5.82 Å². The van der Waals surface area contributed by atoms with E-state index in [9.17, 15) is 9.18 Å². The van der Waals surface area contributed by atoms with E-state index in [0.717, 1.165) is 0 Å². The van der Waals surface area contributed by atoms with Gasteiger partial charge >= 0.3 is 5.97 Å². The highest BCUT2D eigenvalue weighted by Crippen LogP contribution is 2.15. The number of carbonyl (C=O) groups is 1. The Balaban J connectivity index is 2.98. The van der Waals surface area contributed by atoms with Crippen molar-refractivity contribution in [3.05, 3.63) is 35.6 Å². The lowest BCUT2D eigenvalue weighted by Crippen LogP contribution is -2.21. The Kier molecular flexibility index (Phi) is 2.97. The molecule has 0 spiro atoms. The maximum atomic E-state index is 12.7. The van der Waals surface area contributed by atoms with Gasteiger partial charge in [0.05, 0.1) is 5.92 Å². The predicted octanol–water partition coefficient (Wildman–Crippen LogP) is 0.953. The molecule has 0 aliphatic heterocycles. The van der Waals surface area contributed by atoms with E-state index in [0.29, 0.717) is 5.56 Å². The highest BCUT2D eigenvalue weighted by atomic mass is 19.1. The molecule has 1 aromatic rings. The molecule has 70 valence electrons. The summed E-state index contributed by atoms with van der Waals surface area (Å²) in [6.45, 7) is -0.0290. The van der Waals surface area contributed by atoms with Gasteiger partial charge in [-0.2, -0.15) is 0 Å². The monoisotopic (exact) mass is 183 g/mol. The lowest BCUT2D eigenvalue weighted by atomic mass is 10.00. The molecule has 0 fully saturated rings. The Bertz CT molecular complexity index is 314. The van der Waals surface area contributed by atoms with Crippen molar-refractivity contribution >= 4 is 5.97 Å². The number of carboxylic acid groups (broad SMARTS) is 1. The molecule has 0 unspecified atom stereocenters. The number of hydrogen-bond acceptors (Lipinski definition) is 2. The van der Waals surface area contributed by atoms with Crippen LogP contribution < -0.4 is 5.73 Å². The van der Waals surface area contributed by atoms with E-state index in [1.165, 1.54) is 18.2 Å². The first-order valence-electron chi connectivity index (χ1n) is 3.83. The average molecular weight is 183 g/mol. The molecule has 13 heavy (non-hydrogen) atoms. The summed E-state index contributed by atoms with van der Waals surface area (Å²) in [7, 11) is 0. The number of hydrogen-bond donors (Lipinski definition) is 2. The van der Waals surface area contributed by atoms with Gasteiger partial charge in [0.25, 0.3) is 0 Å². The molecule has 0 bridgehead atoms. The lowest BCUT2D eigenvalue weighted by Gasteiger charge is -2.09. The third-order valence-electron chi connectivity index (χ3n) is 1.78. The summed E-state index contributed by atoms with van der Waals surface area (Å²) in [5.41, 5.74) is 5.65. The fourth-order valence-corrected chi connectivity index (χ4v) is 1.10. The molecule has 1 atom stereocenters. The number of nitrogens with two attached hydrogens (primary N) is 1. The van der Waals surface area contributed by atoms with Crippen molar-refractivity contribution in [1.29, 1.82) is 0 Å². The number of aliphatic carboxylic acids is 1. The fourth-order valence-electron chi connectivity index (χ4n) is 1.10. The summed E-state index contributed by atoms with van der Waals surface area (Å²) >= 11 is 0. The second-order valence-electron chi connectivity index (χ2n) is 2.68. The van der Waals surface area contributed by atoms with Crippen LogP contribution in [0.1, 0.15) is 11.5 Å². The standard InChI is InChI=1S/C9H10FNO2/c10-7-3-1-2-6(4-7)8(5-11)9(12)13/h1-4,8H,5,11H2,(H,12,13)/t8-/m0/s1. The highest BCUT2D eigenvalue weighted by molar-refractivity contribution is 5.76. The Morgan fingerprint density at radius 1 is 1.62 bits per heavy atom. The molecule has 0 radical (unpaired) electrons. The Hall–Kier alpha value is -1.42. The lowest BCUT2D eigenvalue weighted by molar-refractivity contribution is -0.138. The molecule has 3 N–H and O–H groups in total. The maximum absolute atomic E-state index is 12.7. The van der Waals surface area contributed by atoms with Crippen LogP contribution in [-0.2, 0) is 4.79 Å². The summed E-state index contributed by atoms with van der Waals surface area (Å²) in [6.07, 6.45) is 0. The van der Waals surface area contributed by atoms with E-state index in [4.69, 9.17) is 10.8 Å². The molecule has 0 saturated carbocycles. The Labute approximate surface area is 75.0 Å². The van der Waals surface area contributed by atoms with Crippen molar-refractivity contribution in [2.45, 2.75) is 5.92 Å². The number of halogens is 1. The van der Waals surface area contributed by atoms with E-state index >= 15 is 0 Å². The third kappa shape index (κ3) is 2.26. The summed E-state index contributed by atoms with van der Waals surface area (Å²) in [5, 5.41) is 8.72. The Morgan fingerprint density at radius 3 is 2.77 bits per heavy atom. The quantitative estimate of drug-likeness (QED) is 0.733. The minimum atomic E-state index is -1.03. The van der Waals surface area contributed by atoms with Crippen LogP contribution in [0.4, 0.5) is 4.39 Å². The average Bonchev–Trinajstić information content (AvgIpc) is 2.04. The van der Waals surface area contributed by atoms with E-state index in [-0.39, 0.29) is 6.54 Å². The van der Waals surface area contributed by atoms with Gasteiger partial charge in [0.2, 0.25) is 0 Å². The highest BCUT2D eigenvalue weighted by Gasteiger charge is 2.17. The number of carboxylic acids is 1. The van der Waals surface area contributed by atoms with Crippen LogP contribution in [0.3, 0.4) is 0 Å². The summed E-state index contributed by atoms with van der Waals surface area (Å²) in [6, 6.07) is 5.47. The van der Waals surface area contributed by atoms with Gasteiger partial charge in [-0.05, 0) is 17.7 Å². The smallest absolute Gasteiger partial charge is 0.312 e. The van der Waals surface area contributed by atoms with E-state index in [2.05, 4.69) is 0 Å². The van der Waals surface area contributed by atoms with Crippen molar-refractivity contribution in [3.8, 4) is 0 Å². The zero-order valence-electron chi connectivity index (χ0n) is 6.90. The minimum Gasteiger partial charge on any atom is -0.481 e. The second-order valence-corrected chi connectivity index (χ2v) is 2.68. The normalized spacial score (nSPS) is 12.5. The molecule has 0 amide bonds. The van der Waals surface area contributed by atoms with Gasteiger partial charge in [0.15, 0.2) is 0 Å². The first kappa shape index (κ1) is 9.67. The Morgan fingerprint density at radius 2 is 2.31 bits per heavy atom. The van der Waals surface area contributed by atoms with Crippen molar-refractivity contribution in [2.75, 3.05) is 6.54 Å². The molecule has 0 aliphatic carbocycles. The molecule has 1 rings (SSSR count). The van der Waals surface area contributed by atoms with Gasteiger partial charge in [-0.15, -0.1) is 0 Å². The van der Waals surface area contributed by atoms with Crippen molar-refractivity contribution in [2.24, 2.45) is 5.73 Å². The molecule has 0 heterocycles. The second kappa shape index (κ2) is 4.00. The van der Waals surface area contributed by atoms with Crippen LogP contribution in [0, 0.1) is 5.82 Å². The predicted molar refractivity (Wildman–Crippen MR) is 45.8 cm³/mol. The summed E-state index contributed by atoms with van der Waals surface area (Å²) in [5.74, 6) is -2.30. The largest absolute Gasteiger partial charge is 0.481 e. The maximum Gasteiger partial charge on any atom is 0.312 e. The van der Waals surface area contributed by atoms with E-state index in [1.54, 1.807) is 6.07 Å². The van der Waals surface area contributed by atoms with Crippen molar-refractivity contribution in [1.82, 2.24) is 0 Å². The zero-order chi connectivity index (χ0) is 9.84. The summed E-state index contributed by atoms with van der Waals surface area (Å²) in [4.78, 5) is 10.6. The van der Waals surface area contributed by atoms with Crippen LogP contribution in [0.5, 0.6) is 0 Å². The molecule has 0 aliphatic rings. The van der Waals surface area contributed by atoms with E-state index in [1.807, 2.05) is 0 Å². The zero-order valence-corrected chi connectivity index (χ0v) is 6.90. The minimum absolute atomic E-state index is 0.0290. The van der Waals surface area contributed by atoms with E-state index < -0.39 is 17.7 Å². The van der Waals surface area contributed by atoms with Crippen LogP contribution >= 0.6 is 0 Å². The number of benzene rings is 1. The van der Waals surface area contributed by atoms with Gasteiger partial charge in [-0.3, -0.25) is 4.79 Å². The van der Waals surface area contributed by atoms with Crippen LogP contribution in [0.15, 0.2) is 24.3 Å². The van der Waals surface area contributed by atoms with Crippen LogP contribution in [0.25, 0.3) is 0 Å². The third-order valence-corrected chi connectivity index (χ3v) is 1.78. The first-order chi connectivity index (χ1) is 6.15. The fraction of sp³-hybridized carbons (Fsp3) is 0.222. The molecule has 0 saturated heterocycles. The molecule has 1 aromatic carbocycles. The van der Waals surface area contributed by atoms with Crippen molar-refractivity contribution in [3.63, 3.8) is 0 Å².